The fraction of sp³-hybridized carbons (Fsp3) is 0.933. The van der Waals surface area contributed by atoms with Gasteiger partial charge in [0.1, 0.15) is 5.54 Å². The van der Waals surface area contributed by atoms with Crippen LogP contribution in [0.2, 0.25) is 0 Å². The van der Waals surface area contributed by atoms with E-state index in [2.05, 4.69) is 5.32 Å². The Morgan fingerprint density at radius 1 is 1.45 bits per heavy atom. The van der Waals surface area contributed by atoms with Crippen molar-refractivity contribution in [3.63, 3.8) is 0 Å². The van der Waals surface area contributed by atoms with Crippen LogP contribution in [0, 0.1) is 0 Å². The van der Waals surface area contributed by atoms with Gasteiger partial charge in [-0.2, -0.15) is 0 Å². The van der Waals surface area contributed by atoms with Crippen LogP contribution in [0.25, 0.3) is 0 Å². The number of likely N-dealkylation sites (N-methyl/N-ethyl adjacent to an activating group) is 1. The minimum absolute atomic E-state index is 0.196. The average molecular weight is 287 g/mol. The Morgan fingerprint density at radius 2 is 2.25 bits per heavy atom. The Labute approximate surface area is 122 Å². The highest BCUT2D eigenvalue weighted by Crippen LogP contribution is 2.15. The summed E-state index contributed by atoms with van der Waals surface area (Å²) in [5.74, 6) is -0.196. The van der Waals surface area contributed by atoms with E-state index in [0.717, 1.165) is 25.9 Å². The molecule has 0 radical (unpaired) electrons. The highest BCUT2D eigenvalue weighted by Gasteiger charge is 2.32. The number of esters is 1. The van der Waals surface area contributed by atoms with Crippen molar-refractivity contribution in [1.29, 1.82) is 0 Å². The summed E-state index contributed by atoms with van der Waals surface area (Å²) in [5, 5.41) is 3.05. The highest BCUT2D eigenvalue weighted by atomic mass is 16.5. The SMILES string of the molecule is CCOC(=O)C(C)(CCCOCC1CCCCO1)NC. The van der Waals surface area contributed by atoms with E-state index in [0.29, 0.717) is 26.2 Å². The number of hydrogen-bond acceptors (Lipinski definition) is 5. The molecular weight excluding hydrogens is 258 g/mol. The monoisotopic (exact) mass is 287 g/mol. The number of carbonyl (C=O) groups excluding carboxylic acids is 1. The minimum Gasteiger partial charge on any atom is -0.465 e. The van der Waals surface area contributed by atoms with Gasteiger partial charge in [-0.1, -0.05) is 0 Å². The lowest BCUT2D eigenvalue weighted by molar-refractivity contribution is -0.150. The Morgan fingerprint density at radius 3 is 2.85 bits per heavy atom. The Bertz CT molecular complexity index is 279. The van der Waals surface area contributed by atoms with Crippen molar-refractivity contribution < 1.29 is 19.0 Å². The van der Waals surface area contributed by atoms with Crippen molar-refractivity contribution >= 4 is 5.97 Å². The molecule has 0 aromatic rings. The first-order chi connectivity index (χ1) is 9.62. The van der Waals surface area contributed by atoms with Crippen molar-refractivity contribution in [3.8, 4) is 0 Å². The minimum atomic E-state index is -0.624. The van der Waals surface area contributed by atoms with Crippen molar-refractivity contribution in [2.45, 2.75) is 57.6 Å². The van der Waals surface area contributed by atoms with E-state index in [4.69, 9.17) is 14.2 Å². The summed E-state index contributed by atoms with van der Waals surface area (Å²) >= 11 is 0. The average Bonchev–Trinajstić information content (AvgIpc) is 2.48. The molecule has 20 heavy (non-hydrogen) atoms. The first kappa shape index (κ1) is 17.4. The highest BCUT2D eigenvalue weighted by molar-refractivity contribution is 5.80. The van der Waals surface area contributed by atoms with Gasteiger partial charge in [-0.15, -0.1) is 0 Å². The lowest BCUT2D eigenvalue weighted by Gasteiger charge is -2.27. The smallest absolute Gasteiger partial charge is 0.326 e. The summed E-state index contributed by atoms with van der Waals surface area (Å²) in [7, 11) is 1.79. The van der Waals surface area contributed by atoms with Gasteiger partial charge in [0.05, 0.1) is 19.3 Å². The van der Waals surface area contributed by atoms with E-state index in [-0.39, 0.29) is 12.1 Å². The lowest BCUT2D eigenvalue weighted by Crippen LogP contribution is -2.48. The molecule has 2 atom stereocenters. The molecule has 2 unspecified atom stereocenters. The van der Waals surface area contributed by atoms with Crippen LogP contribution in [0.3, 0.4) is 0 Å². The molecule has 1 heterocycles. The Hall–Kier alpha value is -0.650. The number of nitrogens with one attached hydrogen (secondary N) is 1. The molecule has 1 aliphatic rings. The fourth-order valence-corrected chi connectivity index (χ4v) is 2.30. The van der Waals surface area contributed by atoms with Gasteiger partial charge in [-0.05, 0) is 53.0 Å². The van der Waals surface area contributed by atoms with Gasteiger partial charge in [0.2, 0.25) is 0 Å². The Balaban J connectivity index is 2.15. The first-order valence-corrected chi connectivity index (χ1v) is 7.68. The van der Waals surface area contributed by atoms with Gasteiger partial charge in [0.15, 0.2) is 0 Å². The molecule has 1 saturated heterocycles. The van der Waals surface area contributed by atoms with Crippen LogP contribution >= 0.6 is 0 Å². The molecular formula is C15H29NO4. The van der Waals surface area contributed by atoms with Gasteiger partial charge in [-0.25, -0.2) is 0 Å². The van der Waals surface area contributed by atoms with E-state index in [1.807, 2.05) is 13.8 Å². The number of rotatable bonds is 9. The number of carbonyl (C=O) groups is 1. The van der Waals surface area contributed by atoms with Crippen molar-refractivity contribution in [2.75, 3.05) is 33.5 Å². The van der Waals surface area contributed by atoms with E-state index in [9.17, 15) is 4.79 Å². The van der Waals surface area contributed by atoms with E-state index >= 15 is 0 Å². The maximum atomic E-state index is 11.9. The zero-order chi connectivity index (χ0) is 14.8. The lowest BCUT2D eigenvalue weighted by atomic mass is 9.96. The summed E-state index contributed by atoms with van der Waals surface area (Å²) in [5.41, 5.74) is -0.624. The molecule has 5 nitrogen and oxygen atoms in total. The van der Waals surface area contributed by atoms with E-state index < -0.39 is 5.54 Å². The van der Waals surface area contributed by atoms with Gasteiger partial charge in [0.25, 0.3) is 0 Å². The molecule has 0 bridgehead atoms. The molecule has 0 aliphatic carbocycles. The fourth-order valence-electron chi connectivity index (χ4n) is 2.30. The van der Waals surface area contributed by atoms with Gasteiger partial charge in [0, 0.05) is 13.2 Å². The first-order valence-electron chi connectivity index (χ1n) is 7.68. The summed E-state index contributed by atoms with van der Waals surface area (Å²) < 4.78 is 16.3. The van der Waals surface area contributed by atoms with Gasteiger partial charge < -0.3 is 19.5 Å². The van der Waals surface area contributed by atoms with Crippen molar-refractivity contribution in [1.82, 2.24) is 5.32 Å². The number of hydrogen-bond donors (Lipinski definition) is 1. The van der Waals surface area contributed by atoms with Crippen LogP contribution in [-0.4, -0.2) is 51.1 Å². The van der Waals surface area contributed by atoms with Crippen LogP contribution in [0.4, 0.5) is 0 Å². The zero-order valence-corrected chi connectivity index (χ0v) is 13.1. The molecule has 1 N–H and O–H groups in total. The maximum absolute atomic E-state index is 11.9. The van der Waals surface area contributed by atoms with Crippen LogP contribution < -0.4 is 5.32 Å². The summed E-state index contributed by atoms with van der Waals surface area (Å²) in [6.07, 6.45) is 5.27. The molecule has 1 aliphatic heterocycles. The van der Waals surface area contributed by atoms with Crippen molar-refractivity contribution in [2.24, 2.45) is 0 Å². The third-order valence-corrected chi connectivity index (χ3v) is 3.82. The largest absolute Gasteiger partial charge is 0.465 e. The predicted octanol–water partition coefficient (Wildman–Crippen LogP) is 1.89. The Kier molecular flexibility index (Phi) is 8.11. The summed E-state index contributed by atoms with van der Waals surface area (Å²) in [6.45, 7) is 6.27. The topological polar surface area (TPSA) is 56.8 Å². The molecule has 0 spiro atoms. The second kappa shape index (κ2) is 9.32. The van der Waals surface area contributed by atoms with Gasteiger partial charge in [-0.3, -0.25) is 4.79 Å². The maximum Gasteiger partial charge on any atom is 0.326 e. The van der Waals surface area contributed by atoms with Crippen LogP contribution in [0.5, 0.6) is 0 Å². The van der Waals surface area contributed by atoms with Crippen molar-refractivity contribution in [3.05, 3.63) is 0 Å². The summed E-state index contributed by atoms with van der Waals surface area (Å²) in [4.78, 5) is 11.9. The summed E-state index contributed by atoms with van der Waals surface area (Å²) in [6, 6.07) is 0. The van der Waals surface area contributed by atoms with E-state index in [1.54, 1.807) is 7.05 Å². The van der Waals surface area contributed by atoms with E-state index in [1.165, 1.54) is 6.42 Å². The van der Waals surface area contributed by atoms with Crippen LogP contribution in [-0.2, 0) is 19.0 Å². The third-order valence-electron chi connectivity index (χ3n) is 3.82. The standard InChI is InChI=1S/C15H29NO4/c1-4-19-14(17)15(2,16-3)9-7-10-18-12-13-8-5-6-11-20-13/h13,16H,4-12H2,1-3H3. The molecule has 1 fully saturated rings. The molecule has 1 rings (SSSR count). The second-order valence-corrected chi connectivity index (χ2v) is 5.47. The second-order valence-electron chi connectivity index (χ2n) is 5.47. The number of ether oxygens (including phenoxy) is 3. The quantitative estimate of drug-likeness (QED) is 0.518. The van der Waals surface area contributed by atoms with Crippen LogP contribution in [0.15, 0.2) is 0 Å². The molecule has 118 valence electrons. The third kappa shape index (κ3) is 5.77. The molecule has 0 saturated carbocycles. The van der Waals surface area contributed by atoms with Gasteiger partial charge >= 0.3 is 5.97 Å². The molecule has 0 amide bonds. The predicted molar refractivity (Wildman–Crippen MR) is 77.7 cm³/mol. The molecule has 0 aromatic carbocycles. The molecule has 5 heteroatoms. The zero-order valence-electron chi connectivity index (χ0n) is 13.1. The normalized spacial score (nSPS) is 22.2. The molecule has 0 aromatic heterocycles. The van der Waals surface area contributed by atoms with Crippen LogP contribution in [0.1, 0.15) is 46.0 Å².